The van der Waals surface area contributed by atoms with Crippen LogP contribution in [0.3, 0.4) is 0 Å². The van der Waals surface area contributed by atoms with E-state index in [0.29, 0.717) is 10.8 Å². The van der Waals surface area contributed by atoms with Gasteiger partial charge in [-0.1, -0.05) is 24.6 Å². The SMILES string of the molecule is CCc1cnccc1C(N)c1ccc(Cl)c(OC)c1. The quantitative estimate of drug-likeness (QED) is 0.931. The second-order valence-electron chi connectivity index (χ2n) is 4.30. The van der Waals surface area contributed by atoms with Crippen LogP contribution in [0.4, 0.5) is 0 Å². The number of nitrogens with two attached hydrogens (primary N) is 1. The molecule has 0 saturated heterocycles. The summed E-state index contributed by atoms with van der Waals surface area (Å²) < 4.78 is 5.23. The molecule has 3 nitrogen and oxygen atoms in total. The van der Waals surface area contributed by atoms with Gasteiger partial charge in [0, 0.05) is 12.4 Å². The largest absolute Gasteiger partial charge is 0.495 e. The van der Waals surface area contributed by atoms with Crippen molar-refractivity contribution in [2.75, 3.05) is 7.11 Å². The van der Waals surface area contributed by atoms with Crippen LogP contribution in [0.1, 0.15) is 29.7 Å². The molecule has 0 bridgehead atoms. The van der Waals surface area contributed by atoms with E-state index < -0.39 is 0 Å². The minimum Gasteiger partial charge on any atom is -0.495 e. The fourth-order valence-corrected chi connectivity index (χ4v) is 2.28. The van der Waals surface area contributed by atoms with Gasteiger partial charge in [-0.2, -0.15) is 0 Å². The minimum atomic E-state index is -0.205. The molecule has 2 N–H and O–H groups in total. The van der Waals surface area contributed by atoms with Gasteiger partial charge in [0.2, 0.25) is 0 Å². The van der Waals surface area contributed by atoms with Crippen molar-refractivity contribution < 1.29 is 4.74 Å². The molecular formula is C15H17ClN2O. The van der Waals surface area contributed by atoms with Crippen LogP contribution in [0.2, 0.25) is 5.02 Å². The van der Waals surface area contributed by atoms with Crippen LogP contribution in [0.15, 0.2) is 36.7 Å². The molecule has 0 spiro atoms. The maximum atomic E-state index is 6.34. The fraction of sp³-hybridized carbons (Fsp3) is 0.267. The summed E-state index contributed by atoms with van der Waals surface area (Å²) in [6.07, 6.45) is 4.53. The average Bonchev–Trinajstić information content (AvgIpc) is 2.47. The van der Waals surface area contributed by atoms with Crippen LogP contribution >= 0.6 is 11.6 Å². The zero-order valence-electron chi connectivity index (χ0n) is 11.1. The van der Waals surface area contributed by atoms with E-state index in [2.05, 4.69) is 11.9 Å². The number of hydrogen-bond donors (Lipinski definition) is 1. The summed E-state index contributed by atoms with van der Waals surface area (Å²) in [6, 6.07) is 7.37. The number of halogens is 1. The Morgan fingerprint density at radius 1 is 1.37 bits per heavy atom. The maximum Gasteiger partial charge on any atom is 0.137 e. The summed E-state index contributed by atoms with van der Waals surface area (Å²) in [4.78, 5) is 4.14. The monoisotopic (exact) mass is 276 g/mol. The van der Waals surface area contributed by atoms with Crippen LogP contribution in [0.25, 0.3) is 0 Å². The first kappa shape index (κ1) is 13.8. The van der Waals surface area contributed by atoms with Gasteiger partial charge < -0.3 is 10.5 Å². The molecule has 0 saturated carbocycles. The highest BCUT2D eigenvalue weighted by Crippen LogP contribution is 2.30. The Kier molecular flexibility index (Phi) is 4.40. The van der Waals surface area contributed by atoms with Crippen molar-refractivity contribution in [3.63, 3.8) is 0 Å². The molecule has 100 valence electrons. The van der Waals surface area contributed by atoms with Gasteiger partial charge in [0.15, 0.2) is 0 Å². The zero-order chi connectivity index (χ0) is 13.8. The smallest absolute Gasteiger partial charge is 0.137 e. The van der Waals surface area contributed by atoms with E-state index in [0.717, 1.165) is 23.1 Å². The lowest BCUT2D eigenvalue weighted by Crippen LogP contribution is -2.14. The predicted octanol–water partition coefficient (Wildman–Crippen LogP) is 3.35. The Balaban J connectivity index is 2.41. The lowest BCUT2D eigenvalue weighted by atomic mass is 9.95. The van der Waals surface area contributed by atoms with Crippen LogP contribution in [-0.4, -0.2) is 12.1 Å². The summed E-state index contributed by atoms with van der Waals surface area (Å²) in [5.41, 5.74) is 9.56. The van der Waals surface area contributed by atoms with Crippen molar-refractivity contribution in [1.82, 2.24) is 4.98 Å². The third-order valence-corrected chi connectivity index (χ3v) is 3.50. The highest BCUT2D eigenvalue weighted by molar-refractivity contribution is 6.32. The van der Waals surface area contributed by atoms with E-state index in [4.69, 9.17) is 22.1 Å². The Morgan fingerprint density at radius 2 is 2.16 bits per heavy atom. The van der Waals surface area contributed by atoms with Gasteiger partial charge in [0.25, 0.3) is 0 Å². The summed E-state index contributed by atoms with van der Waals surface area (Å²) >= 11 is 6.03. The van der Waals surface area contributed by atoms with Gasteiger partial charge in [-0.3, -0.25) is 4.98 Å². The molecule has 0 radical (unpaired) electrons. The summed E-state index contributed by atoms with van der Waals surface area (Å²) in [7, 11) is 1.60. The van der Waals surface area contributed by atoms with Crippen LogP contribution in [0, 0.1) is 0 Å². The number of hydrogen-bond acceptors (Lipinski definition) is 3. The Morgan fingerprint density at radius 3 is 2.84 bits per heavy atom. The molecule has 19 heavy (non-hydrogen) atoms. The molecule has 1 unspecified atom stereocenters. The van der Waals surface area contributed by atoms with Crippen molar-refractivity contribution in [3.05, 3.63) is 58.4 Å². The van der Waals surface area contributed by atoms with Gasteiger partial charge in [-0.25, -0.2) is 0 Å². The Labute approximate surface area is 118 Å². The maximum absolute atomic E-state index is 6.34. The minimum absolute atomic E-state index is 0.205. The highest BCUT2D eigenvalue weighted by Gasteiger charge is 2.14. The number of aryl methyl sites for hydroxylation is 1. The molecule has 0 fully saturated rings. The highest BCUT2D eigenvalue weighted by atomic mass is 35.5. The molecule has 1 atom stereocenters. The van der Waals surface area contributed by atoms with Gasteiger partial charge >= 0.3 is 0 Å². The molecule has 0 amide bonds. The zero-order valence-corrected chi connectivity index (χ0v) is 11.8. The normalized spacial score (nSPS) is 12.2. The van der Waals surface area contributed by atoms with Gasteiger partial charge in [0.05, 0.1) is 18.2 Å². The Hall–Kier alpha value is -1.58. The molecule has 2 rings (SSSR count). The molecule has 0 aliphatic rings. The van der Waals surface area contributed by atoms with E-state index in [1.165, 1.54) is 0 Å². The van der Waals surface area contributed by atoms with Crippen LogP contribution < -0.4 is 10.5 Å². The average molecular weight is 277 g/mol. The second-order valence-corrected chi connectivity index (χ2v) is 4.71. The first-order chi connectivity index (χ1) is 9.17. The van der Waals surface area contributed by atoms with Gasteiger partial charge in [0.1, 0.15) is 5.75 Å². The van der Waals surface area contributed by atoms with E-state index in [9.17, 15) is 0 Å². The van der Waals surface area contributed by atoms with Crippen molar-refractivity contribution >= 4 is 11.6 Å². The first-order valence-electron chi connectivity index (χ1n) is 6.19. The third kappa shape index (κ3) is 2.88. The number of methoxy groups -OCH3 is 1. The van der Waals surface area contributed by atoms with E-state index >= 15 is 0 Å². The number of pyridine rings is 1. The molecule has 2 aromatic rings. The van der Waals surface area contributed by atoms with E-state index in [1.54, 1.807) is 13.3 Å². The number of rotatable bonds is 4. The fourth-order valence-electron chi connectivity index (χ4n) is 2.09. The van der Waals surface area contributed by atoms with E-state index in [1.807, 2.05) is 30.5 Å². The summed E-state index contributed by atoms with van der Waals surface area (Å²) in [5, 5.41) is 0.587. The lowest BCUT2D eigenvalue weighted by Gasteiger charge is -2.17. The lowest BCUT2D eigenvalue weighted by molar-refractivity contribution is 0.414. The third-order valence-electron chi connectivity index (χ3n) is 3.19. The van der Waals surface area contributed by atoms with Gasteiger partial charge in [-0.05, 0) is 41.3 Å². The predicted molar refractivity (Wildman–Crippen MR) is 77.6 cm³/mol. The second kappa shape index (κ2) is 6.04. The number of ether oxygens (including phenoxy) is 1. The number of nitrogens with zero attached hydrogens (tertiary/aromatic N) is 1. The molecule has 1 aromatic heterocycles. The van der Waals surface area contributed by atoms with Crippen LogP contribution in [0.5, 0.6) is 5.75 Å². The molecular weight excluding hydrogens is 260 g/mol. The first-order valence-corrected chi connectivity index (χ1v) is 6.57. The summed E-state index contributed by atoms with van der Waals surface area (Å²) in [6.45, 7) is 2.09. The summed E-state index contributed by atoms with van der Waals surface area (Å²) in [5.74, 6) is 0.640. The van der Waals surface area contributed by atoms with Crippen molar-refractivity contribution in [2.45, 2.75) is 19.4 Å². The molecule has 1 heterocycles. The standard InChI is InChI=1S/C15H17ClN2O/c1-3-10-9-18-7-6-12(10)15(17)11-4-5-13(16)14(8-11)19-2/h4-9,15H,3,17H2,1-2H3. The van der Waals surface area contributed by atoms with Crippen molar-refractivity contribution in [2.24, 2.45) is 5.73 Å². The Bertz CT molecular complexity index is 572. The van der Waals surface area contributed by atoms with Crippen molar-refractivity contribution in [1.29, 1.82) is 0 Å². The van der Waals surface area contributed by atoms with Crippen LogP contribution in [-0.2, 0) is 6.42 Å². The molecule has 0 aliphatic heterocycles. The van der Waals surface area contributed by atoms with Gasteiger partial charge in [-0.15, -0.1) is 0 Å². The molecule has 0 aliphatic carbocycles. The van der Waals surface area contributed by atoms with E-state index in [-0.39, 0.29) is 6.04 Å². The number of benzene rings is 1. The van der Waals surface area contributed by atoms with Crippen molar-refractivity contribution in [3.8, 4) is 5.75 Å². The number of aromatic nitrogens is 1. The topological polar surface area (TPSA) is 48.1 Å². The molecule has 1 aromatic carbocycles. The molecule has 4 heteroatoms.